The Morgan fingerprint density at radius 1 is 0.544 bits per heavy atom. The molecule has 0 heterocycles. The maximum absolute atomic E-state index is 12.6. The Bertz CT molecular complexity index is 1220. The molecule has 0 saturated carbocycles. The predicted molar refractivity (Wildman–Crippen MR) is 233 cm³/mol. The Balaban J connectivity index is 4.48. The zero-order valence-corrected chi connectivity index (χ0v) is 36.2. The maximum atomic E-state index is 12.6. The standard InChI is InChI=1S/C46H77O10P/c1-3-5-7-9-11-13-15-17-19-20-21-22-24-26-28-30-32-34-36-38-46(50)56-44(42-55-57(51,52)54-40-43(48)39-47)41-53-45(49)37-35-33-31-29-27-25-23-18-16-14-12-10-8-6-4-2/h11,13-14,16-19,21-23,26,28,32,34,43-44,47-48H,3-10,12,15,20,24-25,27,29-31,33,35-42H2,1-2H3,(H,51,52)/b13-11+,16-14+,19-17+,22-21+,23-18+,28-26+,34-32+/t43-,44+/m0/s1. The maximum Gasteiger partial charge on any atom is 0.472 e. The van der Waals surface area contributed by atoms with Crippen LogP contribution < -0.4 is 0 Å². The molecule has 0 bridgehead atoms. The van der Waals surface area contributed by atoms with Gasteiger partial charge in [-0.3, -0.25) is 18.6 Å². The van der Waals surface area contributed by atoms with Gasteiger partial charge in [-0.2, -0.15) is 0 Å². The molecule has 0 radical (unpaired) electrons. The molecule has 57 heavy (non-hydrogen) atoms. The molecule has 0 aromatic heterocycles. The van der Waals surface area contributed by atoms with Crippen molar-refractivity contribution in [1.29, 1.82) is 0 Å². The van der Waals surface area contributed by atoms with Crippen LogP contribution in [0.5, 0.6) is 0 Å². The molecular formula is C46H77O10P. The van der Waals surface area contributed by atoms with Crippen molar-refractivity contribution in [2.75, 3.05) is 26.4 Å². The first-order chi connectivity index (χ1) is 27.7. The SMILES string of the molecule is CCCCC/C=C/C/C=C/C/C=C/C/C=C/C/C=C/CCC(=O)O[C@H](COC(=O)CCCCCCC/C=C/C=C/CCCCCC)COP(=O)(O)OC[C@@H](O)CO. The second kappa shape index (κ2) is 41.3. The molecule has 0 aromatic carbocycles. The summed E-state index contributed by atoms with van der Waals surface area (Å²) in [6, 6.07) is 0. The normalized spacial score (nSPS) is 14.7. The topological polar surface area (TPSA) is 149 Å². The fourth-order valence-corrected chi connectivity index (χ4v) is 5.99. The molecule has 0 saturated heterocycles. The lowest BCUT2D eigenvalue weighted by atomic mass is 10.1. The fraction of sp³-hybridized carbons (Fsp3) is 0.652. The number of carbonyl (C=O) groups is 2. The predicted octanol–water partition coefficient (Wildman–Crippen LogP) is 11.4. The molecule has 0 amide bonds. The first-order valence-electron chi connectivity index (χ1n) is 21.6. The van der Waals surface area contributed by atoms with Crippen molar-refractivity contribution in [3.8, 4) is 0 Å². The highest BCUT2D eigenvalue weighted by Gasteiger charge is 2.27. The van der Waals surface area contributed by atoms with Crippen molar-refractivity contribution in [3.05, 3.63) is 85.1 Å². The van der Waals surface area contributed by atoms with E-state index in [1.54, 1.807) is 0 Å². The third-order valence-corrected chi connectivity index (χ3v) is 9.51. The van der Waals surface area contributed by atoms with Gasteiger partial charge in [0.1, 0.15) is 12.7 Å². The van der Waals surface area contributed by atoms with E-state index in [2.05, 4.69) is 91.3 Å². The molecule has 1 unspecified atom stereocenters. The van der Waals surface area contributed by atoms with Gasteiger partial charge >= 0.3 is 19.8 Å². The lowest BCUT2D eigenvalue weighted by Gasteiger charge is -2.20. The van der Waals surface area contributed by atoms with Crippen LogP contribution in [0.15, 0.2) is 85.1 Å². The fourth-order valence-electron chi connectivity index (χ4n) is 5.20. The van der Waals surface area contributed by atoms with Crippen molar-refractivity contribution in [1.82, 2.24) is 0 Å². The van der Waals surface area contributed by atoms with Crippen LogP contribution in [0.4, 0.5) is 0 Å². The number of hydrogen-bond donors (Lipinski definition) is 3. The summed E-state index contributed by atoms with van der Waals surface area (Å²) < 4.78 is 32.6. The Kier molecular flexibility index (Phi) is 39.2. The molecule has 11 heteroatoms. The minimum absolute atomic E-state index is 0.0527. The van der Waals surface area contributed by atoms with E-state index in [9.17, 15) is 24.2 Å². The number of esters is 2. The van der Waals surface area contributed by atoms with Gasteiger partial charge in [-0.05, 0) is 77.0 Å². The summed E-state index contributed by atoms with van der Waals surface area (Å²) in [5.74, 6) is -1.05. The number of hydrogen-bond acceptors (Lipinski definition) is 9. The van der Waals surface area contributed by atoms with Gasteiger partial charge in [-0.1, -0.05) is 150 Å². The van der Waals surface area contributed by atoms with Gasteiger partial charge < -0.3 is 24.6 Å². The molecule has 0 spiro atoms. The average Bonchev–Trinajstić information content (AvgIpc) is 3.20. The molecule has 0 aromatic rings. The van der Waals surface area contributed by atoms with E-state index in [1.807, 2.05) is 12.2 Å². The number of rotatable bonds is 39. The molecule has 0 fully saturated rings. The van der Waals surface area contributed by atoms with Crippen LogP contribution in [0.2, 0.25) is 0 Å². The van der Waals surface area contributed by atoms with E-state index in [1.165, 1.54) is 51.4 Å². The van der Waals surface area contributed by atoms with Crippen LogP contribution in [-0.2, 0) is 32.7 Å². The van der Waals surface area contributed by atoms with Crippen LogP contribution in [0, 0.1) is 0 Å². The summed E-state index contributed by atoms with van der Waals surface area (Å²) in [7, 11) is -4.65. The minimum Gasteiger partial charge on any atom is -0.462 e. The highest BCUT2D eigenvalue weighted by atomic mass is 31.2. The van der Waals surface area contributed by atoms with Gasteiger partial charge in [-0.25, -0.2) is 4.57 Å². The van der Waals surface area contributed by atoms with Gasteiger partial charge in [-0.15, -0.1) is 0 Å². The number of aliphatic hydroxyl groups is 2. The summed E-state index contributed by atoms with van der Waals surface area (Å²) >= 11 is 0. The molecule has 10 nitrogen and oxygen atoms in total. The second-order valence-electron chi connectivity index (χ2n) is 14.0. The Morgan fingerprint density at radius 3 is 1.58 bits per heavy atom. The number of phosphoric acid groups is 1. The summed E-state index contributed by atoms with van der Waals surface area (Å²) in [6.07, 6.45) is 48.4. The van der Waals surface area contributed by atoms with Crippen molar-refractivity contribution >= 4 is 19.8 Å². The zero-order chi connectivity index (χ0) is 41.9. The van der Waals surface area contributed by atoms with E-state index in [4.69, 9.17) is 19.1 Å². The van der Waals surface area contributed by atoms with Gasteiger partial charge in [0.05, 0.1) is 19.8 Å². The minimum atomic E-state index is -4.65. The Morgan fingerprint density at radius 2 is 1.00 bits per heavy atom. The molecule has 0 aliphatic rings. The second-order valence-corrected chi connectivity index (χ2v) is 15.5. The van der Waals surface area contributed by atoms with Gasteiger partial charge in [0.15, 0.2) is 6.10 Å². The van der Waals surface area contributed by atoms with E-state index >= 15 is 0 Å². The number of allylic oxidation sites excluding steroid dienone is 14. The summed E-state index contributed by atoms with van der Waals surface area (Å²) in [5, 5.41) is 18.3. The average molecular weight is 821 g/mol. The quantitative estimate of drug-likeness (QED) is 0.0180. The lowest BCUT2D eigenvalue weighted by Crippen LogP contribution is -2.29. The lowest BCUT2D eigenvalue weighted by molar-refractivity contribution is -0.161. The molecular weight excluding hydrogens is 743 g/mol. The van der Waals surface area contributed by atoms with Crippen LogP contribution in [-0.4, -0.2) is 65.7 Å². The van der Waals surface area contributed by atoms with Crippen LogP contribution in [0.3, 0.4) is 0 Å². The van der Waals surface area contributed by atoms with E-state index in [-0.39, 0.29) is 19.4 Å². The van der Waals surface area contributed by atoms with E-state index in [0.717, 1.165) is 64.2 Å². The Labute approximate surface area is 345 Å². The summed E-state index contributed by atoms with van der Waals surface area (Å²) in [5.41, 5.74) is 0. The molecule has 0 aliphatic carbocycles. The smallest absolute Gasteiger partial charge is 0.462 e. The van der Waals surface area contributed by atoms with Gasteiger partial charge in [0.2, 0.25) is 0 Å². The van der Waals surface area contributed by atoms with Crippen LogP contribution >= 0.6 is 7.82 Å². The zero-order valence-electron chi connectivity index (χ0n) is 35.3. The molecule has 0 rings (SSSR count). The highest BCUT2D eigenvalue weighted by molar-refractivity contribution is 7.47. The van der Waals surface area contributed by atoms with Crippen molar-refractivity contribution in [3.63, 3.8) is 0 Å². The largest absolute Gasteiger partial charge is 0.472 e. The van der Waals surface area contributed by atoms with Crippen molar-refractivity contribution < 1.29 is 47.8 Å². The number of ether oxygens (including phenoxy) is 2. The first kappa shape index (κ1) is 54.2. The molecule has 3 N–H and O–H groups in total. The van der Waals surface area contributed by atoms with E-state index in [0.29, 0.717) is 12.8 Å². The van der Waals surface area contributed by atoms with Crippen molar-refractivity contribution in [2.45, 2.75) is 167 Å². The monoisotopic (exact) mass is 821 g/mol. The number of aliphatic hydroxyl groups excluding tert-OH is 2. The third kappa shape index (κ3) is 41.1. The van der Waals surface area contributed by atoms with E-state index < -0.39 is 51.8 Å². The summed E-state index contributed by atoms with van der Waals surface area (Å²) in [4.78, 5) is 34.9. The van der Waals surface area contributed by atoms with Gasteiger partial charge in [0.25, 0.3) is 0 Å². The number of carbonyl (C=O) groups excluding carboxylic acids is 2. The number of phosphoric ester groups is 1. The molecule has 3 atom stereocenters. The molecule has 326 valence electrons. The summed E-state index contributed by atoms with van der Waals surface area (Å²) in [6.45, 7) is 2.21. The van der Waals surface area contributed by atoms with Gasteiger partial charge in [0, 0.05) is 12.8 Å². The van der Waals surface area contributed by atoms with Crippen molar-refractivity contribution in [2.24, 2.45) is 0 Å². The van der Waals surface area contributed by atoms with Crippen LogP contribution in [0.25, 0.3) is 0 Å². The Hall–Kier alpha value is -2.85. The molecule has 0 aliphatic heterocycles. The first-order valence-corrected chi connectivity index (χ1v) is 23.1. The highest BCUT2D eigenvalue weighted by Crippen LogP contribution is 2.43. The third-order valence-electron chi connectivity index (χ3n) is 8.56. The van der Waals surface area contributed by atoms with Crippen LogP contribution in [0.1, 0.15) is 155 Å². The number of unbranched alkanes of at least 4 members (excludes halogenated alkanes) is 12.